The van der Waals surface area contributed by atoms with E-state index in [0.717, 1.165) is 4.88 Å². The van der Waals surface area contributed by atoms with Gasteiger partial charge >= 0.3 is 0 Å². The van der Waals surface area contributed by atoms with Gasteiger partial charge in [-0.15, -0.1) is 11.3 Å². The molecule has 0 aliphatic carbocycles. The Labute approximate surface area is 158 Å². The number of benzene rings is 1. The highest BCUT2D eigenvalue weighted by Crippen LogP contribution is 2.20. The van der Waals surface area contributed by atoms with E-state index in [0.29, 0.717) is 11.6 Å². The molecule has 3 amide bonds. The van der Waals surface area contributed by atoms with Gasteiger partial charge in [0.25, 0.3) is 5.91 Å². The quantitative estimate of drug-likeness (QED) is 0.666. The van der Waals surface area contributed by atoms with E-state index in [1.165, 1.54) is 29.5 Å². The number of thiophene rings is 1. The van der Waals surface area contributed by atoms with E-state index in [4.69, 9.17) is 23.2 Å². The summed E-state index contributed by atoms with van der Waals surface area (Å²) in [5.41, 5.74) is 0.215. The highest BCUT2D eigenvalue weighted by Gasteiger charge is 2.12. The lowest BCUT2D eigenvalue weighted by atomic mass is 10.2. The lowest BCUT2D eigenvalue weighted by molar-refractivity contribution is -0.125. The zero-order chi connectivity index (χ0) is 18.2. The summed E-state index contributed by atoms with van der Waals surface area (Å²) in [7, 11) is 0. The van der Waals surface area contributed by atoms with Gasteiger partial charge in [-0.2, -0.15) is 0 Å². The fourth-order valence-electron chi connectivity index (χ4n) is 1.83. The van der Waals surface area contributed by atoms with Gasteiger partial charge in [0.2, 0.25) is 11.8 Å². The fraction of sp³-hybridized carbons (Fsp3) is 0.188. The number of amides is 3. The zero-order valence-corrected chi connectivity index (χ0v) is 15.3. The molecule has 2 rings (SSSR count). The topological polar surface area (TPSA) is 87.3 Å². The summed E-state index contributed by atoms with van der Waals surface area (Å²) in [4.78, 5) is 36.3. The molecule has 0 saturated carbocycles. The van der Waals surface area contributed by atoms with Crippen LogP contribution in [0, 0.1) is 0 Å². The largest absolute Gasteiger partial charge is 0.350 e. The fourth-order valence-corrected chi connectivity index (χ4v) is 2.97. The van der Waals surface area contributed by atoms with Crippen molar-refractivity contribution >= 4 is 52.3 Å². The maximum absolute atomic E-state index is 12.0. The van der Waals surface area contributed by atoms with Crippen LogP contribution in [0.15, 0.2) is 35.7 Å². The second kappa shape index (κ2) is 9.41. The first-order chi connectivity index (χ1) is 12.0. The van der Waals surface area contributed by atoms with Crippen molar-refractivity contribution < 1.29 is 14.4 Å². The predicted octanol–water partition coefficient (Wildman–Crippen LogP) is 2.22. The molecule has 0 unspecified atom stereocenters. The first kappa shape index (κ1) is 19.2. The van der Waals surface area contributed by atoms with E-state index >= 15 is 0 Å². The Balaban J connectivity index is 1.69. The number of carbonyl (C=O) groups excluding carboxylic acids is 3. The highest BCUT2D eigenvalue weighted by molar-refractivity contribution is 7.09. The lowest BCUT2D eigenvalue weighted by Crippen LogP contribution is -2.41. The van der Waals surface area contributed by atoms with Crippen LogP contribution in [0.1, 0.15) is 15.2 Å². The van der Waals surface area contributed by atoms with Crippen molar-refractivity contribution in [2.45, 2.75) is 6.54 Å². The SMILES string of the molecule is O=C(CNC(=O)CNC(=O)c1ccc(Cl)cc1Cl)NCc1cccs1. The average molecular weight is 400 g/mol. The van der Waals surface area contributed by atoms with Gasteiger partial charge in [0.15, 0.2) is 0 Å². The molecule has 0 fully saturated rings. The van der Waals surface area contributed by atoms with Gasteiger partial charge < -0.3 is 16.0 Å². The summed E-state index contributed by atoms with van der Waals surface area (Å²) in [5.74, 6) is -1.29. The van der Waals surface area contributed by atoms with Gasteiger partial charge in [-0.3, -0.25) is 14.4 Å². The first-order valence-corrected chi connectivity index (χ1v) is 8.88. The Morgan fingerprint density at radius 2 is 1.68 bits per heavy atom. The predicted molar refractivity (Wildman–Crippen MR) is 98.0 cm³/mol. The van der Waals surface area contributed by atoms with E-state index in [2.05, 4.69) is 16.0 Å². The number of nitrogens with one attached hydrogen (secondary N) is 3. The second-order valence-electron chi connectivity index (χ2n) is 4.94. The van der Waals surface area contributed by atoms with Crippen LogP contribution in [0.4, 0.5) is 0 Å². The molecule has 9 heteroatoms. The van der Waals surface area contributed by atoms with Gasteiger partial charge in [-0.05, 0) is 29.6 Å². The van der Waals surface area contributed by atoms with E-state index < -0.39 is 11.8 Å². The zero-order valence-electron chi connectivity index (χ0n) is 13.0. The Bertz CT molecular complexity index is 766. The molecule has 2 aromatic rings. The minimum atomic E-state index is -0.501. The average Bonchev–Trinajstić information content (AvgIpc) is 3.09. The normalized spacial score (nSPS) is 10.2. The Hall–Kier alpha value is -2.09. The van der Waals surface area contributed by atoms with Crippen LogP contribution >= 0.6 is 34.5 Å². The number of hydrogen-bond donors (Lipinski definition) is 3. The maximum atomic E-state index is 12.0. The Morgan fingerprint density at radius 3 is 2.36 bits per heavy atom. The number of halogens is 2. The van der Waals surface area contributed by atoms with Gasteiger partial charge in [-0.25, -0.2) is 0 Å². The summed E-state index contributed by atoms with van der Waals surface area (Å²) in [6, 6.07) is 8.23. The standard InChI is InChI=1S/C16H15Cl2N3O3S/c17-10-3-4-12(13(18)6-10)16(24)21-9-15(23)20-8-14(22)19-7-11-2-1-5-25-11/h1-6H,7-9H2,(H,19,22)(H,20,23)(H,21,24). The first-order valence-electron chi connectivity index (χ1n) is 7.24. The van der Waals surface area contributed by atoms with E-state index in [1.54, 1.807) is 0 Å². The van der Waals surface area contributed by atoms with Crippen molar-refractivity contribution in [3.8, 4) is 0 Å². The monoisotopic (exact) mass is 399 g/mol. The minimum absolute atomic E-state index is 0.165. The van der Waals surface area contributed by atoms with Gasteiger partial charge in [0, 0.05) is 9.90 Å². The van der Waals surface area contributed by atoms with Crippen LogP contribution in [-0.4, -0.2) is 30.8 Å². The minimum Gasteiger partial charge on any atom is -0.350 e. The highest BCUT2D eigenvalue weighted by atomic mass is 35.5. The molecule has 0 aliphatic heterocycles. The number of rotatable bonds is 7. The molecule has 132 valence electrons. The molecule has 0 spiro atoms. The molecule has 3 N–H and O–H groups in total. The van der Waals surface area contributed by atoms with Gasteiger partial charge in [-0.1, -0.05) is 29.3 Å². The van der Waals surface area contributed by atoms with Crippen molar-refractivity contribution in [1.29, 1.82) is 0 Å². The third-order valence-corrected chi connectivity index (χ3v) is 4.50. The smallest absolute Gasteiger partial charge is 0.253 e. The van der Waals surface area contributed by atoms with Crippen molar-refractivity contribution in [3.05, 3.63) is 56.2 Å². The number of hydrogen-bond acceptors (Lipinski definition) is 4. The molecule has 0 saturated heterocycles. The van der Waals surface area contributed by atoms with Crippen LogP contribution in [0.25, 0.3) is 0 Å². The second-order valence-corrected chi connectivity index (χ2v) is 6.82. The van der Waals surface area contributed by atoms with Crippen LogP contribution in [-0.2, 0) is 16.1 Å². The number of carbonyl (C=O) groups is 3. The van der Waals surface area contributed by atoms with Crippen LogP contribution in [0.3, 0.4) is 0 Å². The van der Waals surface area contributed by atoms with Gasteiger partial charge in [0.05, 0.1) is 30.2 Å². The molecule has 6 nitrogen and oxygen atoms in total. The van der Waals surface area contributed by atoms with Crippen LogP contribution < -0.4 is 16.0 Å². The summed E-state index contributed by atoms with van der Waals surface area (Å²) < 4.78 is 0. The molecule has 25 heavy (non-hydrogen) atoms. The summed E-state index contributed by atoms with van der Waals surface area (Å²) in [5, 5.41) is 10.1. The summed E-state index contributed by atoms with van der Waals surface area (Å²) >= 11 is 13.2. The van der Waals surface area contributed by atoms with E-state index in [-0.39, 0.29) is 29.6 Å². The molecule has 1 heterocycles. The lowest BCUT2D eigenvalue weighted by Gasteiger charge is -2.08. The molecular weight excluding hydrogens is 385 g/mol. The molecule has 0 atom stereocenters. The molecule has 1 aromatic heterocycles. The summed E-state index contributed by atoms with van der Waals surface area (Å²) in [6.07, 6.45) is 0. The van der Waals surface area contributed by atoms with Crippen molar-refractivity contribution in [1.82, 2.24) is 16.0 Å². The Morgan fingerprint density at radius 1 is 0.960 bits per heavy atom. The molecule has 0 bridgehead atoms. The van der Waals surface area contributed by atoms with Crippen LogP contribution in [0.2, 0.25) is 10.0 Å². The maximum Gasteiger partial charge on any atom is 0.253 e. The van der Waals surface area contributed by atoms with Crippen molar-refractivity contribution in [2.75, 3.05) is 13.1 Å². The van der Waals surface area contributed by atoms with Gasteiger partial charge in [0.1, 0.15) is 0 Å². The van der Waals surface area contributed by atoms with Crippen LogP contribution in [0.5, 0.6) is 0 Å². The van der Waals surface area contributed by atoms with Crippen molar-refractivity contribution in [3.63, 3.8) is 0 Å². The third-order valence-electron chi connectivity index (χ3n) is 3.07. The third kappa shape index (κ3) is 6.38. The Kier molecular flexibility index (Phi) is 7.24. The van der Waals surface area contributed by atoms with E-state index in [9.17, 15) is 14.4 Å². The summed E-state index contributed by atoms with van der Waals surface area (Å²) in [6.45, 7) is -0.0179. The van der Waals surface area contributed by atoms with E-state index in [1.807, 2.05) is 17.5 Å². The molecule has 0 radical (unpaired) electrons. The molecule has 1 aromatic carbocycles. The van der Waals surface area contributed by atoms with Crippen molar-refractivity contribution in [2.24, 2.45) is 0 Å². The molecule has 0 aliphatic rings. The molecular formula is C16H15Cl2N3O3S.